The summed E-state index contributed by atoms with van der Waals surface area (Å²) in [5.74, 6) is 0.227. The van der Waals surface area contributed by atoms with Gasteiger partial charge in [0.05, 0.1) is 6.42 Å². The van der Waals surface area contributed by atoms with Gasteiger partial charge in [-0.15, -0.1) is 0 Å². The van der Waals surface area contributed by atoms with Crippen LogP contribution in [0.1, 0.15) is 33.6 Å². The Hall–Kier alpha value is -2.36. The van der Waals surface area contributed by atoms with Crippen molar-refractivity contribution in [2.45, 2.75) is 39.2 Å². The summed E-state index contributed by atoms with van der Waals surface area (Å²) in [4.78, 5) is 43.5. The maximum absolute atomic E-state index is 11.1. The minimum absolute atomic E-state index is 0.437. The van der Waals surface area contributed by atoms with Gasteiger partial charge in [0.25, 0.3) is 0 Å². The molecule has 1 N–H and O–H groups in total. The van der Waals surface area contributed by atoms with Crippen molar-refractivity contribution in [2.24, 2.45) is 0 Å². The number of esters is 2. The molecule has 20 heavy (non-hydrogen) atoms. The van der Waals surface area contributed by atoms with Crippen molar-refractivity contribution >= 4 is 23.7 Å². The van der Waals surface area contributed by atoms with Crippen LogP contribution in [0.3, 0.4) is 0 Å². The number of carbonyl (C=O) groups is 4. The first-order chi connectivity index (χ1) is 9.11. The van der Waals surface area contributed by atoms with Crippen LogP contribution < -0.4 is 0 Å². The zero-order valence-corrected chi connectivity index (χ0v) is 11.5. The molecule has 110 valence electrons. The van der Waals surface area contributed by atoms with Crippen LogP contribution in [0.25, 0.3) is 0 Å². The Morgan fingerprint density at radius 3 is 2.20 bits per heavy atom. The van der Waals surface area contributed by atoms with Gasteiger partial charge in [-0.3, -0.25) is 9.59 Å². The van der Waals surface area contributed by atoms with E-state index in [4.69, 9.17) is 9.84 Å². The van der Waals surface area contributed by atoms with Gasteiger partial charge in [0, 0.05) is 12.3 Å². The van der Waals surface area contributed by atoms with E-state index >= 15 is 0 Å². The second kappa shape index (κ2) is 7.94. The molecule has 0 atom stereocenters. The molecule has 0 aromatic carbocycles. The van der Waals surface area contributed by atoms with E-state index in [9.17, 15) is 19.2 Å². The highest BCUT2D eigenvalue weighted by Crippen LogP contribution is 2.05. The van der Waals surface area contributed by atoms with Crippen molar-refractivity contribution < 1.29 is 33.8 Å². The third-order valence-electron chi connectivity index (χ3n) is 1.66. The molecule has 0 unspecified atom stereocenters. The number of aliphatic carboxylic acids is 1. The van der Waals surface area contributed by atoms with Crippen LogP contribution in [-0.4, -0.2) is 41.0 Å². The molecule has 0 aliphatic rings. The molecule has 0 heterocycles. The Balaban J connectivity index is 4.07. The first-order valence-electron chi connectivity index (χ1n) is 5.75. The van der Waals surface area contributed by atoms with E-state index in [0.29, 0.717) is 0 Å². The van der Waals surface area contributed by atoms with Gasteiger partial charge in [0.1, 0.15) is 5.60 Å². The smallest absolute Gasteiger partial charge is 0.384 e. The van der Waals surface area contributed by atoms with Crippen molar-refractivity contribution in [3.8, 4) is 11.8 Å². The fourth-order valence-corrected chi connectivity index (χ4v) is 0.917. The van der Waals surface area contributed by atoms with E-state index in [1.54, 1.807) is 20.8 Å². The molecule has 0 fully saturated rings. The number of Topliss-reactive ketones (excluding diaryl/α,β-unsaturated/α-hetero) is 1. The van der Waals surface area contributed by atoms with Gasteiger partial charge in [-0.1, -0.05) is 0 Å². The van der Waals surface area contributed by atoms with Crippen LogP contribution in [0.5, 0.6) is 0 Å². The third kappa shape index (κ3) is 9.65. The molecule has 0 rings (SSSR count). The lowest BCUT2D eigenvalue weighted by molar-refractivity contribution is -0.153. The number of ether oxygens (including phenoxy) is 2. The van der Waals surface area contributed by atoms with E-state index in [1.165, 1.54) is 0 Å². The highest BCUT2D eigenvalue weighted by atomic mass is 16.6. The maximum Gasteiger partial charge on any atom is 0.384 e. The van der Waals surface area contributed by atoms with Gasteiger partial charge in [0.2, 0.25) is 5.78 Å². The summed E-state index contributed by atoms with van der Waals surface area (Å²) in [6.07, 6.45) is -0.884. The number of rotatable bonds is 5. The Kier molecular flexibility index (Phi) is 7.00. The zero-order valence-electron chi connectivity index (χ0n) is 11.5. The maximum atomic E-state index is 11.1. The average molecular weight is 284 g/mol. The number of carboxylic acid groups (broad SMARTS) is 1. The molecule has 0 spiro atoms. The Bertz CT molecular complexity index is 459. The van der Waals surface area contributed by atoms with Crippen molar-refractivity contribution in [3.63, 3.8) is 0 Å². The van der Waals surface area contributed by atoms with Crippen LogP contribution in [-0.2, 0) is 28.7 Å². The summed E-state index contributed by atoms with van der Waals surface area (Å²) in [6.45, 7) is 4.58. The standard InChI is InChI=1S/C13H16O7/c1-13(2,3)20-11(17)5-4-8-19-12(18)9(14)6-7-10(15)16/h6-8H2,1-3H3,(H,15,16). The second-order valence-corrected chi connectivity index (χ2v) is 4.70. The van der Waals surface area contributed by atoms with E-state index in [2.05, 4.69) is 16.6 Å². The molecule has 0 radical (unpaired) electrons. The molecule has 7 nitrogen and oxygen atoms in total. The summed E-state index contributed by atoms with van der Waals surface area (Å²) in [5, 5.41) is 8.33. The molecule has 0 aliphatic carbocycles. The predicted molar refractivity (Wildman–Crippen MR) is 66.5 cm³/mol. The average Bonchev–Trinajstić information content (AvgIpc) is 2.28. The summed E-state index contributed by atoms with van der Waals surface area (Å²) in [5.41, 5.74) is -0.671. The van der Waals surface area contributed by atoms with Gasteiger partial charge in [-0.25, -0.2) is 9.59 Å². The van der Waals surface area contributed by atoms with Crippen LogP contribution in [0.4, 0.5) is 0 Å². The van der Waals surface area contributed by atoms with Crippen molar-refractivity contribution in [1.29, 1.82) is 0 Å². The first-order valence-corrected chi connectivity index (χ1v) is 5.75. The summed E-state index contributed by atoms with van der Waals surface area (Å²) in [6, 6.07) is 0. The highest BCUT2D eigenvalue weighted by molar-refractivity contribution is 6.33. The van der Waals surface area contributed by atoms with Gasteiger partial charge >= 0.3 is 17.9 Å². The SMILES string of the molecule is CC(C)(C)OC(=O)C#CCOC(=O)C(=O)CCC(=O)O. The highest BCUT2D eigenvalue weighted by Gasteiger charge is 2.16. The molecule has 0 aliphatic heterocycles. The summed E-state index contributed by atoms with van der Waals surface area (Å²) in [7, 11) is 0. The van der Waals surface area contributed by atoms with Crippen LogP contribution in [0.15, 0.2) is 0 Å². The summed E-state index contributed by atoms with van der Waals surface area (Å²) < 4.78 is 9.33. The number of carbonyl (C=O) groups excluding carboxylic acids is 3. The topological polar surface area (TPSA) is 107 Å². The number of hydrogen-bond donors (Lipinski definition) is 1. The van der Waals surface area contributed by atoms with Crippen LogP contribution in [0, 0.1) is 11.8 Å². The number of hydrogen-bond acceptors (Lipinski definition) is 6. The van der Waals surface area contributed by atoms with E-state index in [0.717, 1.165) is 0 Å². The largest absolute Gasteiger partial charge is 0.481 e. The fraction of sp³-hybridized carbons (Fsp3) is 0.538. The molecular formula is C13H16O7. The van der Waals surface area contributed by atoms with E-state index in [-0.39, 0.29) is 0 Å². The first kappa shape index (κ1) is 17.6. The van der Waals surface area contributed by atoms with Crippen LogP contribution >= 0.6 is 0 Å². The Labute approximate surface area is 116 Å². The minimum atomic E-state index is -1.18. The molecule has 0 amide bonds. The molecule has 0 bridgehead atoms. The normalized spacial score (nSPS) is 9.95. The molecule has 0 aromatic heterocycles. The lowest BCUT2D eigenvalue weighted by Crippen LogP contribution is -2.23. The lowest BCUT2D eigenvalue weighted by atomic mass is 10.2. The van der Waals surface area contributed by atoms with Crippen LogP contribution in [0.2, 0.25) is 0 Å². The van der Waals surface area contributed by atoms with Crippen molar-refractivity contribution in [3.05, 3.63) is 0 Å². The molecule has 0 aromatic rings. The van der Waals surface area contributed by atoms with Gasteiger partial charge in [-0.05, 0) is 26.7 Å². The monoisotopic (exact) mass is 284 g/mol. The summed E-state index contributed by atoms with van der Waals surface area (Å²) >= 11 is 0. The Morgan fingerprint density at radius 1 is 1.10 bits per heavy atom. The number of ketones is 1. The molecule has 7 heteroatoms. The third-order valence-corrected chi connectivity index (χ3v) is 1.66. The second-order valence-electron chi connectivity index (χ2n) is 4.70. The zero-order chi connectivity index (χ0) is 15.8. The van der Waals surface area contributed by atoms with Gasteiger partial charge < -0.3 is 14.6 Å². The lowest BCUT2D eigenvalue weighted by Gasteiger charge is -2.16. The van der Waals surface area contributed by atoms with E-state index in [1.807, 2.05) is 0 Å². The quantitative estimate of drug-likeness (QED) is 0.335. The molecule has 0 saturated heterocycles. The van der Waals surface area contributed by atoms with Gasteiger partial charge in [-0.2, -0.15) is 0 Å². The minimum Gasteiger partial charge on any atom is -0.481 e. The fourth-order valence-electron chi connectivity index (χ4n) is 0.917. The van der Waals surface area contributed by atoms with Gasteiger partial charge in [0.15, 0.2) is 6.61 Å². The number of carboxylic acids is 1. The molecule has 0 saturated carbocycles. The van der Waals surface area contributed by atoms with Crippen molar-refractivity contribution in [1.82, 2.24) is 0 Å². The Morgan fingerprint density at radius 2 is 1.70 bits per heavy atom. The predicted octanol–water partition coefficient (Wildman–Crippen LogP) is 0.309. The van der Waals surface area contributed by atoms with E-state index < -0.39 is 48.7 Å². The van der Waals surface area contributed by atoms with Crippen molar-refractivity contribution in [2.75, 3.05) is 6.61 Å². The molecular weight excluding hydrogens is 268 g/mol.